The molecular formula is C18H26ClN3O2. The first-order valence-corrected chi connectivity index (χ1v) is 9.19. The Morgan fingerprint density at radius 1 is 1.17 bits per heavy atom. The molecule has 0 saturated carbocycles. The third kappa shape index (κ3) is 5.18. The van der Waals surface area contributed by atoms with E-state index in [1.54, 1.807) is 6.07 Å². The molecule has 24 heavy (non-hydrogen) atoms. The summed E-state index contributed by atoms with van der Waals surface area (Å²) in [6, 6.07) is 7.33. The Morgan fingerprint density at radius 2 is 1.92 bits per heavy atom. The van der Waals surface area contributed by atoms with E-state index in [-0.39, 0.29) is 5.91 Å². The largest absolute Gasteiger partial charge is 0.377 e. The number of ether oxygens (including phenoxy) is 1. The number of anilines is 1. The second-order valence-corrected chi connectivity index (χ2v) is 7.00. The summed E-state index contributed by atoms with van der Waals surface area (Å²) >= 11 is 6.08. The molecule has 2 aliphatic rings. The highest BCUT2D eigenvalue weighted by Crippen LogP contribution is 2.20. The van der Waals surface area contributed by atoms with Gasteiger partial charge in [0.05, 0.1) is 23.4 Å². The Balaban J connectivity index is 1.38. The van der Waals surface area contributed by atoms with Crippen molar-refractivity contribution < 1.29 is 9.53 Å². The molecule has 0 bridgehead atoms. The molecular weight excluding hydrogens is 326 g/mol. The van der Waals surface area contributed by atoms with Gasteiger partial charge in [0.15, 0.2) is 0 Å². The highest BCUT2D eigenvalue weighted by Gasteiger charge is 2.23. The third-order valence-corrected chi connectivity index (χ3v) is 5.05. The van der Waals surface area contributed by atoms with Gasteiger partial charge >= 0.3 is 0 Å². The van der Waals surface area contributed by atoms with Crippen molar-refractivity contribution in [3.05, 3.63) is 29.3 Å². The number of hydrogen-bond acceptors (Lipinski definition) is 4. The molecule has 0 unspecified atom stereocenters. The molecule has 0 aromatic heterocycles. The van der Waals surface area contributed by atoms with Crippen LogP contribution in [0.1, 0.15) is 19.3 Å². The summed E-state index contributed by atoms with van der Waals surface area (Å²) in [5, 5.41) is 3.46. The first-order chi connectivity index (χ1) is 11.7. The maximum absolute atomic E-state index is 12.2. The van der Waals surface area contributed by atoms with E-state index < -0.39 is 0 Å². The van der Waals surface area contributed by atoms with Crippen LogP contribution in [0.4, 0.5) is 5.69 Å². The molecule has 2 saturated heterocycles. The van der Waals surface area contributed by atoms with Gasteiger partial charge in [0.1, 0.15) is 0 Å². The van der Waals surface area contributed by atoms with Crippen LogP contribution in [-0.2, 0) is 9.53 Å². The van der Waals surface area contributed by atoms with Crippen molar-refractivity contribution in [2.24, 2.45) is 0 Å². The minimum absolute atomic E-state index is 0.00726. The predicted octanol–water partition coefficient (Wildman–Crippen LogP) is 2.47. The van der Waals surface area contributed by atoms with Crippen LogP contribution >= 0.6 is 11.6 Å². The molecule has 0 radical (unpaired) electrons. The molecule has 1 amide bonds. The smallest absolute Gasteiger partial charge is 0.238 e. The topological polar surface area (TPSA) is 44.8 Å². The second kappa shape index (κ2) is 8.81. The number of halogens is 1. The van der Waals surface area contributed by atoms with Crippen molar-refractivity contribution in [2.45, 2.75) is 25.4 Å². The number of nitrogens with zero attached hydrogens (tertiary/aromatic N) is 2. The van der Waals surface area contributed by atoms with Crippen molar-refractivity contribution >= 4 is 23.2 Å². The number of benzene rings is 1. The van der Waals surface area contributed by atoms with Gasteiger partial charge in [-0.25, -0.2) is 0 Å². The summed E-state index contributed by atoms with van der Waals surface area (Å²) in [5.74, 6) is -0.00726. The zero-order valence-corrected chi connectivity index (χ0v) is 14.8. The Hall–Kier alpha value is -1.14. The van der Waals surface area contributed by atoms with Crippen molar-refractivity contribution in [2.75, 3.05) is 51.2 Å². The first kappa shape index (κ1) is 17.7. The highest BCUT2D eigenvalue weighted by molar-refractivity contribution is 6.33. The number of hydrogen-bond donors (Lipinski definition) is 1. The molecule has 1 aromatic carbocycles. The van der Waals surface area contributed by atoms with Crippen molar-refractivity contribution in [1.29, 1.82) is 0 Å². The van der Waals surface area contributed by atoms with E-state index in [1.807, 2.05) is 18.2 Å². The van der Waals surface area contributed by atoms with Crippen molar-refractivity contribution in [3.8, 4) is 0 Å². The third-order valence-electron chi connectivity index (χ3n) is 4.72. The van der Waals surface area contributed by atoms with Gasteiger partial charge in [-0.2, -0.15) is 0 Å². The predicted molar refractivity (Wildman–Crippen MR) is 96.6 cm³/mol. The van der Waals surface area contributed by atoms with Gasteiger partial charge in [-0.1, -0.05) is 23.7 Å². The molecule has 0 aliphatic carbocycles. The molecule has 6 heteroatoms. The molecule has 0 spiro atoms. The lowest BCUT2D eigenvalue weighted by Gasteiger charge is -2.36. The second-order valence-electron chi connectivity index (χ2n) is 6.59. The van der Waals surface area contributed by atoms with E-state index >= 15 is 0 Å². The Labute approximate surface area is 148 Å². The summed E-state index contributed by atoms with van der Waals surface area (Å²) in [6.07, 6.45) is 4.06. The molecule has 2 fully saturated rings. The molecule has 1 N–H and O–H groups in total. The molecule has 5 nitrogen and oxygen atoms in total. The molecule has 1 atom stereocenters. The number of piperazine rings is 1. The fourth-order valence-corrected chi connectivity index (χ4v) is 3.51. The summed E-state index contributed by atoms with van der Waals surface area (Å²) < 4.78 is 5.82. The monoisotopic (exact) mass is 351 g/mol. The minimum atomic E-state index is -0.00726. The van der Waals surface area contributed by atoms with E-state index in [0.717, 1.165) is 39.3 Å². The normalized spacial score (nSPS) is 23.1. The zero-order chi connectivity index (χ0) is 16.8. The van der Waals surface area contributed by atoms with E-state index in [0.29, 0.717) is 23.4 Å². The number of carbonyl (C=O) groups excluding carboxylic acids is 1. The van der Waals surface area contributed by atoms with Gasteiger partial charge in [0.25, 0.3) is 0 Å². The number of nitrogens with one attached hydrogen (secondary N) is 1. The van der Waals surface area contributed by atoms with E-state index in [1.165, 1.54) is 19.3 Å². The van der Waals surface area contributed by atoms with Gasteiger partial charge < -0.3 is 10.1 Å². The lowest BCUT2D eigenvalue weighted by atomic mass is 10.1. The quantitative estimate of drug-likeness (QED) is 0.885. The molecule has 2 aliphatic heterocycles. The van der Waals surface area contributed by atoms with Gasteiger partial charge in [-0.15, -0.1) is 0 Å². The first-order valence-electron chi connectivity index (χ1n) is 8.81. The number of para-hydroxylation sites is 1. The van der Waals surface area contributed by atoms with Crippen molar-refractivity contribution in [3.63, 3.8) is 0 Å². The van der Waals surface area contributed by atoms with Crippen LogP contribution < -0.4 is 5.32 Å². The van der Waals surface area contributed by atoms with Crippen LogP contribution in [0.2, 0.25) is 5.02 Å². The fourth-order valence-electron chi connectivity index (χ4n) is 3.32. The fraction of sp³-hybridized carbons (Fsp3) is 0.611. The minimum Gasteiger partial charge on any atom is -0.377 e. The van der Waals surface area contributed by atoms with Crippen LogP contribution in [0, 0.1) is 0 Å². The van der Waals surface area contributed by atoms with Crippen molar-refractivity contribution in [1.82, 2.24) is 9.80 Å². The van der Waals surface area contributed by atoms with Crippen LogP contribution in [-0.4, -0.2) is 67.7 Å². The number of carbonyl (C=O) groups is 1. The maximum atomic E-state index is 12.2. The SMILES string of the molecule is O=C(CN1CCN(C[C@H]2CCCCO2)CC1)Nc1ccccc1Cl. The summed E-state index contributed by atoms with van der Waals surface area (Å²) in [5.41, 5.74) is 0.678. The van der Waals surface area contributed by atoms with Gasteiger partial charge in [0, 0.05) is 39.3 Å². The van der Waals surface area contributed by atoms with Gasteiger partial charge in [-0.3, -0.25) is 14.6 Å². The van der Waals surface area contributed by atoms with Gasteiger partial charge in [0.2, 0.25) is 5.91 Å². The molecule has 3 rings (SSSR count). The van der Waals surface area contributed by atoms with Gasteiger partial charge in [-0.05, 0) is 31.4 Å². The van der Waals surface area contributed by atoms with Crippen LogP contribution in [0.5, 0.6) is 0 Å². The Kier molecular flexibility index (Phi) is 6.49. The summed E-state index contributed by atoms with van der Waals surface area (Å²) in [6.45, 7) is 6.19. The molecule has 132 valence electrons. The average Bonchev–Trinajstić information content (AvgIpc) is 2.60. The van der Waals surface area contributed by atoms with Crippen LogP contribution in [0.3, 0.4) is 0 Å². The van der Waals surface area contributed by atoms with E-state index in [4.69, 9.17) is 16.3 Å². The van der Waals surface area contributed by atoms with E-state index in [2.05, 4.69) is 15.1 Å². The van der Waals surface area contributed by atoms with Crippen LogP contribution in [0.25, 0.3) is 0 Å². The standard InChI is InChI=1S/C18H26ClN3O2/c19-16-6-1-2-7-17(16)20-18(23)14-22-10-8-21(9-11-22)13-15-5-3-4-12-24-15/h1-2,6-7,15H,3-5,8-14H2,(H,20,23)/t15-/m1/s1. The molecule has 2 heterocycles. The highest BCUT2D eigenvalue weighted by atomic mass is 35.5. The Bertz CT molecular complexity index is 541. The average molecular weight is 352 g/mol. The summed E-state index contributed by atoms with van der Waals surface area (Å²) in [7, 11) is 0. The van der Waals surface area contributed by atoms with Crippen LogP contribution in [0.15, 0.2) is 24.3 Å². The molecule has 1 aromatic rings. The lowest BCUT2D eigenvalue weighted by Crippen LogP contribution is -2.50. The van der Waals surface area contributed by atoms with E-state index in [9.17, 15) is 4.79 Å². The maximum Gasteiger partial charge on any atom is 0.238 e. The Morgan fingerprint density at radius 3 is 2.62 bits per heavy atom. The zero-order valence-electron chi connectivity index (χ0n) is 14.0. The summed E-state index contributed by atoms with van der Waals surface area (Å²) in [4.78, 5) is 16.8. The number of amides is 1. The number of rotatable bonds is 5. The lowest BCUT2D eigenvalue weighted by molar-refractivity contribution is -0.117.